The van der Waals surface area contributed by atoms with E-state index in [0.29, 0.717) is 23.6 Å². The van der Waals surface area contributed by atoms with Crippen molar-refractivity contribution in [1.29, 1.82) is 0 Å². The summed E-state index contributed by atoms with van der Waals surface area (Å²) in [5, 5.41) is 12.7. The maximum absolute atomic E-state index is 12.1. The molecule has 120 valence electrons. The van der Waals surface area contributed by atoms with Gasteiger partial charge in [-0.05, 0) is 38.0 Å². The van der Waals surface area contributed by atoms with Crippen molar-refractivity contribution in [2.24, 2.45) is 5.92 Å². The van der Waals surface area contributed by atoms with Crippen molar-refractivity contribution >= 4 is 23.5 Å². The second-order valence-electron chi connectivity index (χ2n) is 5.85. The van der Waals surface area contributed by atoms with E-state index in [-0.39, 0.29) is 12.5 Å². The highest BCUT2D eigenvalue weighted by atomic mass is 35.5. The van der Waals surface area contributed by atoms with Crippen LogP contribution in [-0.4, -0.2) is 29.1 Å². The first-order valence-corrected chi connectivity index (χ1v) is 7.71. The number of ether oxygens (including phenoxy) is 1. The Bertz CT molecular complexity index is 563. The van der Waals surface area contributed by atoms with Crippen molar-refractivity contribution in [3.05, 3.63) is 29.3 Å². The molecule has 0 bridgehead atoms. The number of carboxylic acids is 1. The first-order valence-electron chi connectivity index (χ1n) is 7.33. The third-order valence-electron chi connectivity index (χ3n) is 4.10. The number of nitrogens with one attached hydrogen (secondary N) is 1. The molecule has 2 N–H and O–H groups in total. The van der Waals surface area contributed by atoms with Crippen LogP contribution in [0.5, 0.6) is 5.75 Å². The lowest BCUT2D eigenvalue weighted by Gasteiger charge is -2.39. The predicted molar refractivity (Wildman–Crippen MR) is 83.1 cm³/mol. The average molecular weight is 326 g/mol. The molecule has 2 unspecified atom stereocenters. The molecule has 0 aliphatic heterocycles. The van der Waals surface area contributed by atoms with Crippen molar-refractivity contribution in [3.8, 4) is 5.75 Å². The SMILES string of the molecule is CC1(NC(=O)COc2cccc(Cl)c2)CCCCC1C(=O)O. The molecule has 1 fully saturated rings. The van der Waals surface area contributed by atoms with Gasteiger partial charge in [-0.25, -0.2) is 0 Å². The number of benzene rings is 1. The quantitative estimate of drug-likeness (QED) is 0.872. The smallest absolute Gasteiger partial charge is 0.308 e. The van der Waals surface area contributed by atoms with Crippen molar-refractivity contribution in [1.82, 2.24) is 5.32 Å². The molecule has 1 aromatic rings. The summed E-state index contributed by atoms with van der Waals surface area (Å²) in [6.07, 6.45) is 3.03. The molecule has 1 aromatic carbocycles. The van der Waals surface area contributed by atoms with Gasteiger partial charge in [-0.2, -0.15) is 0 Å². The molecular weight excluding hydrogens is 306 g/mol. The van der Waals surface area contributed by atoms with E-state index in [0.717, 1.165) is 12.8 Å². The minimum atomic E-state index is -0.863. The van der Waals surface area contributed by atoms with E-state index in [9.17, 15) is 14.7 Å². The number of carbonyl (C=O) groups is 2. The molecule has 6 heteroatoms. The standard InChI is InChI=1S/C16H20ClNO4/c1-16(8-3-2-7-13(16)15(20)21)18-14(19)10-22-12-6-4-5-11(17)9-12/h4-6,9,13H,2-3,7-8,10H2,1H3,(H,18,19)(H,20,21). The first kappa shape index (κ1) is 16.6. The van der Waals surface area contributed by atoms with Crippen LogP contribution in [0.15, 0.2) is 24.3 Å². The Hall–Kier alpha value is -1.75. The average Bonchev–Trinajstić information content (AvgIpc) is 2.45. The summed E-state index contributed by atoms with van der Waals surface area (Å²) in [5.41, 5.74) is -0.723. The second-order valence-corrected chi connectivity index (χ2v) is 6.28. The summed E-state index contributed by atoms with van der Waals surface area (Å²) < 4.78 is 5.39. The van der Waals surface area contributed by atoms with E-state index < -0.39 is 17.4 Å². The highest BCUT2D eigenvalue weighted by Gasteiger charge is 2.42. The minimum absolute atomic E-state index is 0.164. The fraction of sp³-hybridized carbons (Fsp3) is 0.500. The Balaban J connectivity index is 1.94. The van der Waals surface area contributed by atoms with Crippen LogP contribution in [-0.2, 0) is 9.59 Å². The fourth-order valence-electron chi connectivity index (χ4n) is 2.94. The van der Waals surface area contributed by atoms with E-state index in [2.05, 4.69) is 5.32 Å². The number of amides is 1. The van der Waals surface area contributed by atoms with Gasteiger partial charge in [-0.15, -0.1) is 0 Å². The van der Waals surface area contributed by atoms with Gasteiger partial charge >= 0.3 is 5.97 Å². The summed E-state index contributed by atoms with van der Waals surface area (Å²) in [5.74, 6) is -1.24. The maximum atomic E-state index is 12.1. The summed E-state index contributed by atoms with van der Waals surface area (Å²) in [6, 6.07) is 6.78. The number of carboxylic acid groups (broad SMARTS) is 1. The number of hydrogen-bond donors (Lipinski definition) is 2. The van der Waals surface area contributed by atoms with Crippen LogP contribution in [0.4, 0.5) is 0 Å². The Morgan fingerprint density at radius 2 is 2.23 bits per heavy atom. The molecule has 1 aliphatic carbocycles. The lowest BCUT2D eigenvalue weighted by molar-refractivity contribution is -0.146. The zero-order chi connectivity index (χ0) is 16.2. The summed E-state index contributed by atoms with van der Waals surface area (Å²) in [4.78, 5) is 23.5. The normalized spacial score (nSPS) is 24.5. The molecule has 0 aromatic heterocycles. The van der Waals surface area contributed by atoms with E-state index in [1.54, 1.807) is 31.2 Å². The van der Waals surface area contributed by atoms with Gasteiger partial charge in [-0.3, -0.25) is 9.59 Å². The van der Waals surface area contributed by atoms with Gasteiger partial charge in [0.25, 0.3) is 5.91 Å². The molecule has 1 amide bonds. The van der Waals surface area contributed by atoms with Crippen LogP contribution in [0.1, 0.15) is 32.6 Å². The Kier molecular flexibility index (Phi) is 5.29. The lowest BCUT2D eigenvalue weighted by atomic mass is 9.74. The molecule has 1 aliphatic rings. The lowest BCUT2D eigenvalue weighted by Crippen LogP contribution is -2.56. The third-order valence-corrected chi connectivity index (χ3v) is 4.33. The van der Waals surface area contributed by atoms with Crippen LogP contribution in [0.25, 0.3) is 0 Å². The molecule has 0 saturated heterocycles. The number of halogens is 1. The van der Waals surface area contributed by atoms with Crippen molar-refractivity contribution in [2.45, 2.75) is 38.1 Å². The topological polar surface area (TPSA) is 75.6 Å². The molecule has 22 heavy (non-hydrogen) atoms. The summed E-state index contributed by atoms with van der Waals surface area (Å²) in [7, 11) is 0. The van der Waals surface area contributed by atoms with Gasteiger partial charge in [0.1, 0.15) is 5.75 Å². The van der Waals surface area contributed by atoms with Gasteiger partial charge in [0.05, 0.1) is 11.5 Å². The second kappa shape index (κ2) is 7.01. The zero-order valence-corrected chi connectivity index (χ0v) is 13.2. The Labute approximate surface area is 134 Å². The van der Waals surface area contributed by atoms with Gasteiger partial charge in [0.2, 0.25) is 0 Å². The number of aliphatic carboxylic acids is 1. The summed E-state index contributed by atoms with van der Waals surface area (Å²) in [6.45, 7) is 1.63. The van der Waals surface area contributed by atoms with Crippen LogP contribution in [0.2, 0.25) is 5.02 Å². The Morgan fingerprint density at radius 3 is 2.91 bits per heavy atom. The van der Waals surface area contributed by atoms with E-state index in [1.165, 1.54) is 0 Å². The monoisotopic (exact) mass is 325 g/mol. The molecule has 0 radical (unpaired) electrons. The highest BCUT2D eigenvalue weighted by molar-refractivity contribution is 6.30. The van der Waals surface area contributed by atoms with Crippen molar-refractivity contribution in [2.75, 3.05) is 6.61 Å². The van der Waals surface area contributed by atoms with Gasteiger partial charge in [-0.1, -0.05) is 30.5 Å². The number of rotatable bonds is 5. The van der Waals surface area contributed by atoms with Crippen LogP contribution < -0.4 is 10.1 Å². The molecule has 1 saturated carbocycles. The fourth-order valence-corrected chi connectivity index (χ4v) is 3.12. The molecule has 2 rings (SSSR count). The molecular formula is C16H20ClNO4. The van der Waals surface area contributed by atoms with E-state index in [4.69, 9.17) is 16.3 Å². The van der Waals surface area contributed by atoms with Gasteiger partial charge in [0, 0.05) is 5.02 Å². The number of hydrogen-bond acceptors (Lipinski definition) is 3. The zero-order valence-electron chi connectivity index (χ0n) is 12.5. The van der Waals surface area contributed by atoms with Crippen molar-refractivity contribution in [3.63, 3.8) is 0 Å². The van der Waals surface area contributed by atoms with Crippen molar-refractivity contribution < 1.29 is 19.4 Å². The molecule has 5 nitrogen and oxygen atoms in total. The van der Waals surface area contributed by atoms with Crippen LogP contribution in [0.3, 0.4) is 0 Å². The largest absolute Gasteiger partial charge is 0.484 e. The molecule has 2 atom stereocenters. The number of carbonyl (C=O) groups excluding carboxylic acids is 1. The van der Waals surface area contributed by atoms with Gasteiger partial charge < -0.3 is 15.2 Å². The molecule has 0 heterocycles. The highest BCUT2D eigenvalue weighted by Crippen LogP contribution is 2.33. The van der Waals surface area contributed by atoms with Crippen LogP contribution in [0, 0.1) is 5.92 Å². The Morgan fingerprint density at radius 1 is 1.45 bits per heavy atom. The maximum Gasteiger partial charge on any atom is 0.308 e. The third kappa shape index (κ3) is 4.13. The predicted octanol–water partition coefficient (Wildman–Crippen LogP) is 2.87. The minimum Gasteiger partial charge on any atom is -0.484 e. The molecule has 0 spiro atoms. The van der Waals surface area contributed by atoms with Crippen LogP contribution >= 0.6 is 11.6 Å². The van der Waals surface area contributed by atoms with E-state index in [1.807, 2.05) is 0 Å². The first-order chi connectivity index (χ1) is 10.4. The van der Waals surface area contributed by atoms with E-state index >= 15 is 0 Å². The van der Waals surface area contributed by atoms with Gasteiger partial charge in [0.15, 0.2) is 6.61 Å². The summed E-state index contributed by atoms with van der Waals surface area (Å²) >= 11 is 5.85.